The molecule has 2 aromatic heterocycles. The number of carbonyl (C=O) groups excluding carboxylic acids is 1. The lowest BCUT2D eigenvalue weighted by atomic mass is 10.3. The summed E-state index contributed by atoms with van der Waals surface area (Å²) in [6.45, 7) is 0. The third kappa shape index (κ3) is 2.70. The SMILES string of the molecule is O=C(Nc1cccc(Cl)n1)c1ncccc1O. The van der Waals surface area contributed by atoms with E-state index in [0.29, 0.717) is 5.82 Å². The molecule has 0 radical (unpaired) electrons. The second kappa shape index (κ2) is 4.80. The molecular weight excluding hydrogens is 242 g/mol. The molecule has 0 aliphatic rings. The highest BCUT2D eigenvalue weighted by Crippen LogP contribution is 2.15. The number of hydrogen-bond acceptors (Lipinski definition) is 4. The van der Waals surface area contributed by atoms with Crippen molar-refractivity contribution in [2.24, 2.45) is 0 Å². The van der Waals surface area contributed by atoms with E-state index in [1.54, 1.807) is 18.2 Å². The maximum atomic E-state index is 11.7. The lowest BCUT2D eigenvalue weighted by Crippen LogP contribution is -2.14. The number of nitrogens with one attached hydrogen (secondary N) is 1. The Morgan fingerprint density at radius 2 is 2.12 bits per heavy atom. The van der Waals surface area contributed by atoms with Crippen LogP contribution in [0.4, 0.5) is 5.82 Å². The summed E-state index contributed by atoms with van der Waals surface area (Å²) in [6, 6.07) is 7.75. The van der Waals surface area contributed by atoms with Crippen molar-refractivity contribution in [1.82, 2.24) is 9.97 Å². The van der Waals surface area contributed by atoms with Gasteiger partial charge in [0.1, 0.15) is 16.7 Å². The Hall–Kier alpha value is -2.14. The fraction of sp³-hybridized carbons (Fsp3) is 0. The molecule has 0 aliphatic carbocycles. The fourth-order valence-electron chi connectivity index (χ4n) is 1.23. The van der Waals surface area contributed by atoms with Crippen molar-refractivity contribution >= 4 is 23.3 Å². The van der Waals surface area contributed by atoms with Crippen LogP contribution in [0.1, 0.15) is 10.5 Å². The van der Waals surface area contributed by atoms with Gasteiger partial charge in [-0.1, -0.05) is 17.7 Å². The van der Waals surface area contributed by atoms with Crippen LogP contribution in [0, 0.1) is 0 Å². The molecule has 2 N–H and O–H groups in total. The van der Waals surface area contributed by atoms with Gasteiger partial charge in [0.05, 0.1) is 0 Å². The van der Waals surface area contributed by atoms with Crippen LogP contribution in [-0.4, -0.2) is 21.0 Å². The van der Waals surface area contributed by atoms with Crippen molar-refractivity contribution in [3.8, 4) is 5.75 Å². The predicted octanol–water partition coefficient (Wildman–Crippen LogP) is 2.09. The second-order valence-electron chi connectivity index (χ2n) is 3.17. The lowest BCUT2D eigenvalue weighted by Gasteiger charge is -2.04. The van der Waals surface area contributed by atoms with E-state index < -0.39 is 5.91 Å². The minimum atomic E-state index is -0.544. The first-order valence-corrected chi connectivity index (χ1v) is 5.12. The summed E-state index contributed by atoms with van der Waals surface area (Å²) in [5, 5.41) is 12.2. The monoisotopic (exact) mass is 249 g/mol. The van der Waals surface area contributed by atoms with Crippen molar-refractivity contribution in [3.05, 3.63) is 47.4 Å². The molecule has 0 bridgehead atoms. The molecule has 2 rings (SSSR count). The molecule has 17 heavy (non-hydrogen) atoms. The van der Waals surface area contributed by atoms with E-state index in [4.69, 9.17) is 11.6 Å². The van der Waals surface area contributed by atoms with Gasteiger partial charge in [-0.15, -0.1) is 0 Å². The molecule has 0 saturated carbocycles. The van der Waals surface area contributed by atoms with Crippen LogP contribution in [0.15, 0.2) is 36.5 Å². The number of amides is 1. The van der Waals surface area contributed by atoms with Crippen LogP contribution in [0.25, 0.3) is 0 Å². The van der Waals surface area contributed by atoms with E-state index in [9.17, 15) is 9.90 Å². The first-order valence-electron chi connectivity index (χ1n) is 4.75. The van der Waals surface area contributed by atoms with E-state index in [0.717, 1.165) is 0 Å². The highest BCUT2D eigenvalue weighted by atomic mass is 35.5. The molecule has 6 heteroatoms. The zero-order valence-electron chi connectivity index (χ0n) is 8.59. The Balaban J connectivity index is 2.20. The maximum Gasteiger partial charge on any atom is 0.279 e. The molecule has 0 saturated heterocycles. The zero-order valence-corrected chi connectivity index (χ0v) is 9.35. The molecule has 0 aliphatic heterocycles. The van der Waals surface area contributed by atoms with Gasteiger partial charge in [0.15, 0.2) is 5.69 Å². The van der Waals surface area contributed by atoms with Gasteiger partial charge >= 0.3 is 0 Å². The van der Waals surface area contributed by atoms with Gasteiger partial charge in [-0.2, -0.15) is 0 Å². The van der Waals surface area contributed by atoms with E-state index in [1.165, 1.54) is 18.3 Å². The summed E-state index contributed by atoms with van der Waals surface area (Å²) in [5.74, 6) is -0.433. The number of carbonyl (C=O) groups is 1. The fourth-order valence-corrected chi connectivity index (χ4v) is 1.39. The topological polar surface area (TPSA) is 75.1 Å². The number of aromatic hydroxyl groups is 1. The number of halogens is 1. The molecule has 86 valence electrons. The average molecular weight is 250 g/mol. The third-order valence-corrected chi connectivity index (χ3v) is 2.17. The van der Waals surface area contributed by atoms with Crippen LogP contribution in [0.5, 0.6) is 5.75 Å². The van der Waals surface area contributed by atoms with Crippen molar-refractivity contribution in [2.45, 2.75) is 0 Å². The van der Waals surface area contributed by atoms with Crippen molar-refractivity contribution in [3.63, 3.8) is 0 Å². The Morgan fingerprint density at radius 3 is 2.82 bits per heavy atom. The van der Waals surface area contributed by atoms with Gasteiger partial charge in [0.25, 0.3) is 5.91 Å². The van der Waals surface area contributed by atoms with Gasteiger partial charge < -0.3 is 10.4 Å². The number of anilines is 1. The Kier molecular flexibility index (Phi) is 3.20. The van der Waals surface area contributed by atoms with Crippen LogP contribution >= 0.6 is 11.6 Å². The van der Waals surface area contributed by atoms with E-state index >= 15 is 0 Å². The molecule has 0 spiro atoms. The predicted molar refractivity (Wildman–Crippen MR) is 63.1 cm³/mol. The third-order valence-electron chi connectivity index (χ3n) is 1.96. The van der Waals surface area contributed by atoms with Crippen molar-refractivity contribution in [1.29, 1.82) is 0 Å². The van der Waals surface area contributed by atoms with Crippen LogP contribution < -0.4 is 5.32 Å². The van der Waals surface area contributed by atoms with Crippen molar-refractivity contribution < 1.29 is 9.90 Å². The van der Waals surface area contributed by atoms with Gasteiger partial charge in [-0.3, -0.25) is 4.79 Å². The van der Waals surface area contributed by atoms with Crippen molar-refractivity contribution in [2.75, 3.05) is 5.32 Å². The summed E-state index contributed by atoms with van der Waals surface area (Å²) in [4.78, 5) is 19.4. The van der Waals surface area contributed by atoms with Gasteiger partial charge in [0.2, 0.25) is 0 Å². The lowest BCUT2D eigenvalue weighted by molar-refractivity contribution is 0.101. The average Bonchev–Trinajstić information content (AvgIpc) is 2.29. The number of nitrogens with zero attached hydrogens (tertiary/aromatic N) is 2. The Labute approximate surface area is 102 Å². The van der Waals surface area contributed by atoms with Gasteiger partial charge in [0, 0.05) is 6.20 Å². The second-order valence-corrected chi connectivity index (χ2v) is 3.56. The van der Waals surface area contributed by atoms with Crippen LogP contribution in [0.3, 0.4) is 0 Å². The molecule has 0 aromatic carbocycles. The van der Waals surface area contributed by atoms with Crippen LogP contribution in [-0.2, 0) is 0 Å². The summed E-state index contributed by atoms with van der Waals surface area (Å²) < 4.78 is 0. The normalized spacial score (nSPS) is 9.94. The summed E-state index contributed by atoms with van der Waals surface area (Å²) in [5.41, 5.74) is -0.0609. The Bertz CT molecular complexity index is 560. The molecule has 0 atom stereocenters. The molecule has 2 heterocycles. The maximum absolute atomic E-state index is 11.7. The van der Waals surface area contributed by atoms with Gasteiger partial charge in [-0.25, -0.2) is 9.97 Å². The highest BCUT2D eigenvalue weighted by molar-refractivity contribution is 6.29. The smallest absolute Gasteiger partial charge is 0.279 e. The molecule has 0 unspecified atom stereocenters. The highest BCUT2D eigenvalue weighted by Gasteiger charge is 2.12. The first kappa shape index (κ1) is 11.3. The molecule has 0 fully saturated rings. The zero-order chi connectivity index (χ0) is 12.3. The molecule has 5 nitrogen and oxygen atoms in total. The minimum absolute atomic E-state index is 0.0609. The number of rotatable bonds is 2. The van der Waals surface area contributed by atoms with E-state index in [-0.39, 0.29) is 16.6 Å². The van der Waals surface area contributed by atoms with Crippen LogP contribution in [0.2, 0.25) is 5.15 Å². The number of pyridine rings is 2. The minimum Gasteiger partial charge on any atom is -0.505 e. The largest absolute Gasteiger partial charge is 0.505 e. The summed E-state index contributed by atoms with van der Waals surface area (Å²) in [7, 11) is 0. The Morgan fingerprint density at radius 1 is 1.29 bits per heavy atom. The van der Waals surface area contributed by atoms with E-state index in [1.807, 2.05) is 0 Å². The first-order chi connectivity index (χ1) is 8.16. The molecule has 2 aromatic rings. The summed E-state index contributed by atoms with van der Waals surface area (Å²) >= 11 is 5.68. The van der Waals surface area contributed by atoms with Gasteiger partial charge in [-0.05, 0) is 24.3 Å². The molecular formula is C11H8ClN3O2. The summed E-state index contributed by atoms with van der Waals surface area (Å²) in [6.07, 6.45) is 1.42. The molecule has 1 amide bonds. The standard InChI is InChI=1S/C11H8ClN3O2/c12-8-4-1-5-9(14-8)15-11(17)10-7(16)3-2-6-13-10/h1-6,16H,(H,14,15,17). The quantitative estimate of drug-likeness (QED) is 0.799. The number of hydrogen-bond donors (Lipinski definition) is 2. The number of aromatic nitrogens is 2. The van der Waals surface area contributed by atoms with E-state index in [2.05, 4.69) is 15.3 Å².